The van der Waals surface area contributed by atoms with Crippen molar-refractivity contribution in [2.75, 3.05) is 7.11 Å². The molecule has 6 heteroatoms. The molecule has 0 saturated carbocycles. The lowest BCUT2D eigenvalue weighted by atomic mass is 9.97. The Kier molecular flexibility index (Phi) is 5.29. The van der Waals surface area contributed by atoms with Crippen LogP contribution in [0.25, 0.3) is 0 Å². The first-order chi connectivity index (χ1) is 8.77. The maximum atomic E-state index is 13.3. The van der Waals surface area contributed by atoms with Crippen molar-refractivity contribution < 1.29 is 19.0 Å². The average Bonchev–Trinajstić information content (AvgIpc) is 2.38. The van der Waals surface area contributed by atoms with E-state index in [4.69, 9.17) is 11.6 Å². The van der Waals surface area contributed by atoms with Crippen LogP contribution in [0.15, 0.2) is 18.2 Å². The van der Waals surface area contributed by atoms with Gasteiger partial charge in [0, 0.05) is 12.1 Å². The second kappa shape index (κ2) is 6.32. The number of halogens is 2. The molecule has 0 fully saturated rings. The largest absolute Gasteiger partial charge is 0.467 e. The minimum Gasteiger partial charge on any atom is -0.467 e. The molecule has 0 aliphatic heterocycles. The number of benzene rings is 1. The Hall–Kier alpha value is -1.17. The molecule has 0 unspecified atom stereocenters. The van der Waals surface area contributed by atoms with Crippen molar-refractivity contribution >= 4 is 17.6 Å². The van der Waals surface area contributed by atoms with Crippen molar-refractivity contribution in [2.24, 2.45) is 0 Å². The van der Waals surface area contributed by atoms with E-state index in [0.29, 0.717) is 5.56 Å². The van der Waals surface area contributed by atoms with Gasteiger partial charge < -0.3 is 15.2 Å². The summed E-state index contributed by atoms with van der Waals surface area (Å²) in [4.78, 5) is 11.3. The fourth-order valence-corrected chi connectivity index (χ4v) is 1.60. The van der Waals surface area contributed by atoms with Gasteiger partial charge in [0.2, 0.25) is 0 Å². The normalized spacial score (nSPS) is 13.2. The molecule has 0 heterocycles. The van der Waals surface area contributed by atoms with Crippen molar-refractivity contribution in [3.63, 3.8) is 0 Å². The third-order valence-electron chi connectivity index (χ3n) is 2.84. The van der Waals surface area contributed by atoms with Crippen molar-refractivity contribution in [1.29, 1.82) is 0 Å². The number of carbonyl (C=O) groups excluding carboxylic acids is 1. The number of esters is 1. The van der Waals surface area contributed by atoms with Gasteiger partial charge in [-0.2, -0.15) is 0 Å². The summed E-state index contributed by atoms with van der Waals surface area (Å²) in [5, 5.41) is 12.8. The van der Waals surface area contributed by atoms with E-state index in [9.17, 15) is 14.3 Å². The number of carbonyl (C=O) groups is 1. The molecule has 1 rings (SSSR count). The van der Waals surface area contributed by atoms with E-state index >= 15 is 0 Å². The molecule has 0 aromatic heterocycles. The second-order valence-corrected chi connectivity index (χ2v) is 5.16. The first-order valence-electron chi connectivity index (χ1n) is 5.73. The molecule has 0 radical (unpaired) electrons. The maximum absolute atomic E-state index is 13.3. The van der Waals surface area contributed by atoms with E-state index < -0.39 is 23.4 Å². The molecule has 0 spiro atoms. The lowest BCUT2D eigenvalue weighted by Crippen LogP contribution is -2.53. The van der Waals surface area contributed by atoms with Gasteiger partial charge in [0.05, 0.1) is 12.1 Å². The monoisotopic (exact) mass is 289 g/mol. The molecule has 19 heavy (non-hydrogen) atoms. The number of hydrogen-bond acceptors (Lipinski definition) is 4. The molecule has 2 N–H and O–H groups in total. The van der Waals surface area contributed by atoms with Gasteiger partial charge in [0.15, 0.2) is 6.10 Å². The molecule has 0 saturated heterocycles. The van der Waals surface area contributed by atoms with Crippen LogP contribution in [0.1, 0.15) is 19.4 Å². The second-order valence-electron chi connectivity index (χ2n) is 4.75. The van der Waals surface area contributed by atoms with Gasteiger partial charge >= 0.3 is 5.97 Å². The highest BCUT2D eigenvalue weighted by atomic mass is 35.5. The van der Waals surface area contributed by atoms with E-state index in [0.717, 1.165) is 0 Å². The molecule has 0 bridgehead atoms. The summed E-state index contributed by atoms with van der Waals surface area (Å²) in [5.41, 5.74) is -0.240. The fraction of sp³-hybridized carbons (Fsp3) is 0.462. The first-order valence-corrected chi connectivity index (χ1v) is 6.10. The van der Waals surface area contributed by atoms with E-state index in [-0.39, 0.29) is 11.6 Å². The lowest BCUT2D eigenvalue weighted by Gasteiger charge is -2.30. The van der Waals surface area contributed by atoms with Gasteiger partial charge in [0.1, 0.15) is 5.82 Å². The maximum Gasteiger partial charge on any atom is 0.336 e. The highest BCUT2D eigenvalue weighted by molar-refractivity contribution is 6.30. The Morgan fingerprint density at radius 2 is 2.21 bits per heavy atom. The van der Waals surface area contributed by atoms with Crippen LogP contribution in [-0.2, 0) is 16.1 Å². The van der Waals surface area contributed by atoms with Crippen molar-refractivity contribution in [1.82, 2.24) is 5.32 Å². The Balaban J connectivity index is 2.69. The van der Waals surface area contributed by atoms with Gasteiger partial charge in [0.25, 0.3) is 0 Å². The number of aliphatic hydroxyl groups excluding tert-OH is 1. The standard InChI is InChI=1S/C13H17ClFNO3/c1-13(2,11(17)12(18)19-3)16-7-8-4-5-9(14)10(15)6-8/h4-6,11,16-17H,7H2,1-3H3/t11-/m0/s1. The van der Waals surface area contributed by atoms with Crippen LogP contribution in [-0.4, -0.2) is 29.8 Å². The minimum absolute atomic E-state index is 0.0533. The summed E-state index contributed by atoms with van der Waals surface area (Å²) in [6.07, 6.45) is -1.31. The van der Waals surface area contributed by atoms with Crippen LogP contribution in [0.5, 0.6) is 0 Å². The Labute approximate surface area is 116 Å². The van der Waals surface area contributed by atoms with Crippen molar-refractivity contribution in [2.45, 2.75) is 32.0 Å². The number of rotatable bonds is 5. The van der Waals surface area contributed by atoms with Gasteiger partial charge in [-0.3, -0.25) is 0 Å². The molecule has 0 amide bonds. The van der Waals surface area contributed by atoms with Crippen LogP contribution in [0.2, 0.25) is 5.02 Å². The number of nitrogens with one attached hydrogen (secondary N) is 1. The third kappa shape index (κ3) is 4.16. The Morgan fingerprint density at radius 3 is 2.74 bits per heavy atom. The zero-order chi connectivity index (χ0) is 14.6. The summed E-state index contributed by atoms with van der Waals surface area (Å²) in [6.45, 7) is 3.59. The zero-order valence-electron chi connectivity index (χ0n) is 11.0. The van der Waals surface area contributed by atoms with E-state index in [1.807, 2.05) is 0 Å². The molecule has 1 aromatic carbocycles. The smallest absolute Gasteiger partial charge is 0.336 e. The van der Waals surface area contributed by atoms with Gasteiger partial charge in [-0.05, 0) is 31.5 Å². The van der Waals surface area contributed by atoms with Crippen LogP contribution in [0, 0.1) is 5.82 Å². The highest BCUT2D eigenvalue weighted by Crippen LogP contribution is 2.17. The molecular weight excluding hydrogens is 273 g/mol. The Morgan fingerprint density at radius 1 is 1.58 bits per heavy atom. The van der Waals surface area contributed by atoms with Crippen molar-refractivity contribution in [3.05, 3.63) is 34.6 Å². The highest BCUT2D eigenvalue weighted by Gasteiger charge is 2.33. The lowest BCUT2D eigenvalue weighted by molar-refractivity contribution is -0.154. The molecule has 4 nitrogen and oxygen atoms in total. The SMILES string of the molecule is COC(=O)[C@H](O)C(C)(C)NCc1ccc(Cl)c(F)c1. The molecule has 0 aliphatic rings. The predicted octanol–water partition coefficient (Wildman–Crippen LogP) is 1.88. The van der Waals surface area contributed by atoms with Crippen molar-refractivity contribution in [3.8, 4) is 0 Å². The molecule has 106 valence electrons. The zero-order valence-corrected chi connectivity index (χ0v) is 11.8. The van der Waals surface area contributed by atoms with E-state index in [2.05, 4.69) is 10.1 Å². The summed E-state index contributed by atoms with van der Waals surface area (Å²) < 4.78 is 17.7. The topological polar surface area (TPSA) is 58.6 Å². The van der Waals surface area contributed by atoms with Crippen LogP contribution in [0.4, 0.5) is 4.39 Å². The van der Waals surface area contributed by atoms with Gasteiger partial charge in [-0.1, -0.05) is 17.7 Å². The molecule has 1 aromatic rings. The molecule has 0 aliphatic carbocycles. The third-order valence-corrected chi connectivity index (χ3v) is 3.15. The van der Waals surface area contributed by atoms with Crippen LogP contribution >= 0.6 is 11.6 Å². The van der Waals surface area contributed by atoms with Crippen LogP contribution < -0.4 is 5.32 Å². The summed E-state index contributed by atoms with van der Waals surface area (Å²) >= 11 is 5.58. The average molecular weight is 290 g/mol. The number of methoxy groups -OCH3 is 1. The first kappa shape index (κ1) is 15.9. The Bertz CT molecular complexity index is 465. The number of hydrogen-bond donors (Lipinski definition) is 2. The minimum atomic E-state index is -1.31. The number of ether oxygens (including phenoxy) is 1. The van der Waals surface area contributed by atoms with Crippen LogP contribution in [0.3, 0.4) is 0 Å². The summed E-state index contributed by atoms with van der Waals surface area (Å²) in [7, 11) is 1.20. The van der Waals surface area contributed by atoms with Gasteiger partial charge in [-0.15, -0.1) is 0 Å². The number of aliphatic hydroxyl groups is 1. The summed E-state index contributed by atoms with van der Waals surface area (Å²) in [6, 6.07) is 4.42. The molecular formula is C13H17ClFNO3. The quantitative estimate of drug-likeness (QED) is 0.813. The summed E-state index contributed by atoms with van der Waals surface area (Å²) in [5.74, 6) is -1.23. The predicted molar refractivity (Wildman–Crippen MR) is 70.4 cm³/mol. The molecule has 1 atom stereocenters. The van der Waals surface area contributed by atoms with Gasteiger partial charge in [-0.25, -0.2) is 9.18 Å². The van der Waals surface area contributed by atoms with E-state index in [1.165, 1.54) is 19.2 Å². The van der Waals surface area contributed by atoms with E-state index in [1.54, 1.807) is 19.9 Å². The fourth-order valence-electron chi connectivity index (χ4n) is 1.48.